The molecule has 0 aliphatic heterocycles. The Labute approximate surface area is 134 Å². The maximum Gasteiger partial charge on any atom is 0.263 e. The number of sulfonamides is 1. The summed E-state index contributed by atoms with van der Waals surface area (Å²) < 4.78 is 28.5. The Bertz CT molecular complexity index is 718. The first-order chi connectivity index (χ1) is 9.33. The second-order valence-corrected chi connectivity index (χ2v) is 7.66. The summed E-state index contributed by atoms with van der Waals surface area (Å²) >= 11 is 6.71. The Kier molecular flexibility index (Phi) is 4.58. The summed E-state index contributed by atoms with van der Waals surface area (Å²) in [5.74, 6) is 0. The monoisotopic (exact) mass is 421 g/mol. The smallest absolute Gasteiger partial charge is 0.263 e. The van der Waals surface area contributed by atoms with Gasteiger partial charge in [-0.25, -0.2) is 8.42 Å². The molecule has 1 aromatic carbocycles. The summed E-state index contributed by atoms with van der Waals surface area (Å²) in [6.07, 6.45) is 1.42. The number of halogens is 2. The van der Waals surface area contributed by atoms with Gasteiger partial charge in [0, 0.05) is 27.4 Å². The van der Waals surface area contributed by atoms with E-state index in [4.69, 9.17) is 5.73 Å². The zero-order chi connectivity index (χ0) is 14.9. The van der Waals surface area contributed by atoms with E-state index in [9.17, 15) is 8.42 Å². The Morgan fingerprint density at radius 3 is 2.35 bits per heavy atom. The van der Waals surface area contributed by atoms with E-state index < -0.39 is 10.0 Å². The first-order valence-electron chi connectivity index (χ1n) is 5.69. The van der Waals surface area contributed by atoms with Crippen LogP contribution in [0, 0.1) is 6.92 Å². The van der Waals surface area contributed by atoms with E-state index >= 15 is 0 Å². The quantitative estimate of drug-likeness (QED) is 0.707. The number of aromatic amines is 1. The summed E-state index contributed by atoms with van der Waals surface area (Å²) in [5.41, 5.74) is 7.60. The second kappa shape index (κ2) is 5.88. The molecule has 0 saturated heterocycles. The van der Waals surface area contributed by atoms with Gasteiger partial charge in [-0.1, -0.05) is 0 Å². The molecule has 0 radical (unpaired) electrons. The van der Waals surface area contributed by atoms with E-state index in [1.807, 2.05) is 19.1 Å². The van der Waals surface area contributed by atoms with Crippen LogP contribution < -0.4 is 10.5 Å². The van der Waals surface area contributed by atoms with Gasteiger partial charge in [-0.3, -0.25) is 4.72 Å². The molecule has 0 bridgehead atoms. The van der Waals surface area contributed by atoms with Crippen molar-refractivity contribution in [3.63, 3.8) is 0 Å². The van der Waals surface area contributed by atoms with E-state index in [0.717, 1.165) is 5.56 Å². The maximum absolute atomic E-state index is 12.3. The summed E-state index contributed by atoms with van der Waals surface area (Å²) in [6, 6.07) is 5.19. The average molecular weight is 423 g/mol. The van der Waals surface area contributed by atoms with Crippen LogP contribution in [0.1, 0.15) is 11.3 Å². The van der Waals surface area contributed by atoms with Crippen LogP contribution in [-0.2, 0) is 16.6 Å². The van der Waals surface area contributed by atoms with Crippen molar-refractivity contribution in [3.8, 4) is 0 Å². The average Bonchev–Trinajstić information content (AvgIpc) is 2.83. The van der Waals surface area contributed by atoms with Crippen molar-refractivity contribution in [1.82, 2.24) is 4.98 Å². The number of nitrogens with one attached hydrogen (secondary N) is 2. The molecule has 4 N–H and O–H groups in total. The van der Waals surface area contributed by atoms with Crippen LogP contribution in [0.5, 0.6) is 0 Å². The molecule has 0 saturated carbocycles. The molecular formula is C12H13Br2N3O2S. The van der Waals surface area contributed by atoms with Gasteiger partial charge in [0.2, 0.25) is 0 Å². The highest BCUT2D eigenvalue weighted by Gasteiger charge is 2.19. The molecule has 2 aromatic rings. The highest BCUT2D eigenvalue weighted by molar-refractivity contribution is 9.11. The topological polar surface area (TPSA) is 88.0 Å². The Hall–Kier alpha value is -0.830. The number of aromatic nitrogens is 1. The molecule has 0 aliphatic rings. The van der Waals surface area contributed by atoms with Crippen LogP contribution in [0.15, 0.2) is 38.2 Å². The van der Waals surface area contributed by atoms with E-state index in [1.54, 1.807) is 0 Å². The fraction of sp³-hybridized carbons (Fsp3) is 0.167. The van der Waals surface area contributed by atoms with Crippen LogP contribution in [0.3, 0.4) is 0 Å². The fourth-order valence-corrected chi connectivity index (χ4v) is 4.68. The SMILES string of the molecule is Cc1cc(Br)c(NS(=O)(=O)c2c[nH]c(CN)c2)c(Br)c1. The van der Waals surface area contributed by atoms with Crippen LogP contribution >= 0.6 is 31.9 Å². The molecular weight excluding hydrogens is 410 g/mol. The van der Waals surface area contributed by atoms with Crippen molar-refractivity contribution >= 4 is 47.6 Å². The molecule has 0 spiro atoms. The number of rotatable bonds is 4. The minimum atomic E-state index is -3.66. The molecule has 5 nitrogen and oxygen atoms in total. The standard InChI is InChI=1S/C12H13Br2N3O2S/c1-7-2-10(13)12(11(14)3-7)17-20(18,19)9-4-8(5-15)16-6-9/h2-4,6,16-17H,5,15H2,1H3. The summed E-state index contributed by atoms with van der Waals surface area (Å²) in [6.45, 7) is 2.18. The minimum absolute atomic E-state index is 0.150. The lowest BCUT2D eigenvalue weighted by molar-refractivity contribution is 0.601. The van der Waals surface area contributed by atoms with Crippen molar-refractivity contribution in [3.05, 3.63) is 44.6 Å². The Morgan fingerprint density at radius 2 is 1.85 bits per heavy atom. The van der Waals surface area contributed by atoms with Crippen LogP contribution in [0.25, 0.3) is 0 Å². The lowest BCUT2D eigenvalue weighted by Crippen LogP contribution is -2.13. The molecule has 1 aromatic heterocycles. The third-order valence-corrected chi connectivity index (χ3v) is 5.25. The number of aryl methyl sites for hydroxylation is 1. The maximum atomic E-state index is 12.3. The van der Waals surface area contributed by atoms with Gasteiger partial charge in [-0.2, -0.15) is 0 Å². The van der Waals surface area contributed by atoms with E-state index in [2.05, 4.69) is 41.6 Å². The van der Waals surface area contributed by atoms with Crippen LogP contribution in [-0.4, -0.2) is 13.4 Å². The van der Waals surface area contributed by atoms with Gasteiger partial charge in [0.15, 0.2) is 0 Å². The van der Waals surface area contributed by atoms with E-state index in [1.165, 1.54) is 12.3 Å². The number of nitrogens with two attached hydrogens (primary N) is 1. The van der Waals surface area contributed by atoms with Crippen molar-refractivity contribution in [1.29, 1.82) is 0 Å². The summed E-state index contributed by atoms with van der Waals surface area (Å²) in [5, 5.41) is 0. The molecule has 0 amide bonds. The van der Waals surface area contributed by atoms with E-state index in [0.29, 0.717) is 20.3 Å². The number of anilines is 1. The Morgan fingerprint density at radius 1 is 1.25 bits per heavy atom. The second-order valence-electron chi connectivity index (χ2n) is 4.27. The largest absolute Gasteiger partial charge is 0.363 e. The predicted molar refractivity (Wildman–Crippen MR) is 86.1 cm³/mol. The van der Waals surface area contributed by atoms with Gasteiger partial charge in [0.25, 0.3) is 10.0 Å². The molecule has 0 fully saturated rings. The Balaban J connectivity index is 2.38. The van der Waals surface area contributed by atoms with E-state index in [-0.39, 0.29) is 11.4 Å². The van der Waals surface area contributed by atoms with Gasteiger partial charge in [-0.15, -0.1) is 0 Å². The van der Waals surface area contributed by atoms with Crippen molar-refractivity contribution < 1.29 is 8.42 Å². The van der Waals surface area contributed by atoms with Gasteiger partial charge < -0.3 is 10.7 Å². The van der Waals surface area contributed by atoms with Crippen molar-refractivity contribution in [2.24, 2.45) is 5.73 Å². The van der Waals surface area contributed by atoms with Gasteiger partial charge >= 0.3 is 0 Å². The lowest BCUT2D eigenvalue weighted by atomic mass is 10.2. The zero-order valence-corrected chi connectivity index (χ0v) is 14.6. The summed E-state index contributed by atoms with van der Waals surface area (Å²) in [4.78, 5) is 2.97. The summed E-state index contributed by atoms with van der Waals surface area (Å²) in [7, 11) is -3.66. The first-order valence-corrected chi connectivity index (χ1v) is 8.76. The van der Waals surface area contributed by atoms with Gasteiger partial charge in [0.05, 0.1) is 5.69 Å². The number of benzene rings is 1. The van der Waals surface area contributed by atoms with Crippen LogP contribution in [0.4, 0.5) is 5.69 Å². The normalized spacial score (nSPS) is 11.6. The molecule has 2 rings (SSSR count). The molecule has 8 heteroatoms. The molecule has 1 heterocycles. The minimum Gasteiger partial charge on any atom is -0.363 e. The molecule has 0 atom stereocenters. The lowest BCUT2D eigenvalue weighted by Gasteiger charge is -2.11. The molecule has 0 unspecified atom stereocenters. The third-order valence-electron chi connectivity index (χ3n) is 2.67. The van der Waals surface area contributed by atoms with Gasteiger partial charge in [0.1, 0.15) is 4.90 Å². The highest BCUT2D eigenvalue weighted by Crippen LogP contribution is 2.34. The number of hydrogen-bond donors (Lipinski definition) is 3. The van der Waals surface area contributed by atoms with Crippen LogP contribution in [0.2, 0.25) is 0 Å². The number of H-pyrrole nitrogens is 1. The molecule has 0 aliphatic carbocycles. The molecule has 108 valence electrons. The van der Waals surface area contributed by atoms with Gasteiger partial charge in [-0.05, 0) is 62.5 Å². The molecule has 20 heavy (non-hydrogen) atoms. The van der Waals surface area contributed by atoms with Crippen molar-refractivity contribution in [2.75, 3.05) is 4.72 Å². The van der Waals surface area contributed by atoms with Crippen molar-refractivity contribution in [2.45, 2.75) is 18.4 Å². The predicted octanol–water partition coefficient (Wildman–Crippen LogP) is 3.11. The third kappa shape index (κ3) is 3.25. The first kappa shape index (κ1) is 15.6. The highest BCUT2D eigenvalue weighted by atomic mass is 79.9. The fourth-order valence-electron chi connectivity index (χ4n) is 1.68. The zero-order valence-electron chi connectivity index (χ0n) is 10.6. The number of hydrogen-bond acceptors (Lipinski definition) is 3.